The van der Waals surface area contributed by atoms with Crippen LogP contribution in [0.15, 0.2) is 90.7 Å². The largest absolute Gasteiger partial charge is 0.438 e. The van der Waals surface area contributed by atoms with Crippen molar-refractivity contribution in [1.29, 1.82) is 0 Å². The third kappa shape index (κ3) is 2.46. The second kappa shape index (κ2) is 5.87. The fourth-order valence-electron chi connectivity index (χ4n) is 2.96. The topological polar surface area (TPSA) is 38.9 Å². The van der Waals surface area contributed by atoms with Crippen LogP contribution in [0.1, 0.15) is 5.69 Å². The van der Waals surface area contributed by atoms with Crippen molar-refractivity contribution in [2.75, 3.05) is 0 Å². The monoisotopic (exact) mass is 324 g/mol. The van der Waals surface area contributed by atoms with E-state index in [4.69, 9.17) is 4.42 Å². The Kier molecular flexibility index (Phi) is 3.55. The van der Waals surface area contributed by atoms with Crippen LogP contribution in [-0.2, 0) is 0 Å². The minimum Gasteiger partial charge on any atom is -0.438 e. The fraction of sp³-hybridized carbons (Fsp3) is 0. The van der Waals surface area contributed by atoms with Crippen LogP contribution >= 0.6 is 0 Å². The van der Waals surface area contributed by atoms with E-state index in [1.54, 1.807) is 6.08 Å². The molecule has 0 spiro atoms. The Morgan fingerprint density at radius 3 is 2.56 bits per heavy atom. The van der Waals surface area contributed by atoms with Gasteiger partial charge in [-0.05, 0) is 28.5 Å². The van der Waals surface area contributed by atoms with Crippen LogP contribution in [0.3, 0.4) is 0 Å². The summed E-state index contributed by atoms with van der Waals surface area (Å²) in [5.41, 5.74) is 3.58. The van der Waals surface area contributed by atoms with E-state index >= 15 is 0 Å². The minimum atomic E-state index is 0.553. The van der Waals surface area contributed by atoms with Gasteiger partial charge in [0.1, 0.15) is 11.9 Å². The summed E-state index contributed by atoms with van der Waals surface area (Å²) in [7, 11) is 0. The molecule has 2 aromatic carbocycles. The van der Waals surface area contributed by atoms with E-state index in [0.717, 1.165) is 44.0 Å². The lowest BCUT2D eigenvalue weighted by atomic mass is 10.0. The van der Waals surface area contributed by atoms with Crippen molar-refractivity contribution in [1.82, 2.24) is 9.97 Å². The first-order valence-electron chi connectivity index (χ1n) is 7.92. The normalized spacial score (nSPS) is 11.5. The maximum absolute atomic E-state index is 5.96. The number of allylic oxidation sites excluding steroid dienone is 5. The zero-order chi connectivity index (χ0) is 17.4. The molecule has 0 radical (unpaired) electrons. The van der Waals surface area contributed by atoms with Crippen molar-refractivity contribution in [3.05, 3.63) is 92.0 Å². The minimum absolute atomic E-state index is 0.553. The van der Waals surface area contributed by atoms with Gasteiger partial charge in [-0.15, -0.1) is 0 Å². The van der Waals surface area contributed by atoms with Crippen molar-refractivity contribution in [3.8, 4) is 0 Å². The van der Waals surface area contributed by atoms with Crippen LogP contribution in [0.25, 0.3) is 38.4 Å². The van der Waals surface area contributed by atoms with Crippen molar-refractivity contribution >= 4 is 38.4 Å². The van der Waals surface area contributed by atoms with Gasteiger partial charge in [0.2, 0.25) is 5.71 Å². The lowest BCUT2D eigenvalue weighted by molar-refractivity contribution is 0.653. The molecule has 4 aromatic rings. The zero-order valence-electron chi connectivity index (χ0n) is 13.7. The summed E-state index contributed by atoms with van der Waals surface area (Å²) >= 11 is 0. The van der Waals surface area contributed by atoms with Gasteiger partial charge in [0.15, 0.2) is 0 Å². The molecule has 0 bridgehead atoms. The molecular formula is C22H16N2O. The van der Waals surface area contributed by atoms with Gasteiger partial charge in [-0.2, -0.15) is 0 Å². The molecule has 0 N–H and O–H groups in total. The van der Waals surface area contributed by atoms with E-state index in [0.29, 0.717) is 5.71 Å². The van der Waals surface area contributed by atoms with Gasteiger partial charge >= 0.3 is 0 Å². The molecule has 2 aromatic heterocycles. The molecule has 0 aliphatic rings. The quantitative estimate of drug-likeness (QED) is 0.443. The Balaban J connectivity index is 2.00. The second-order valence-electron chi connectivity index (χ2n) is 5.80. The Morgan fingerprint density at radius 2 is 1.80 bits per heavy atom. The molecule has 3 nitrogen and oxygen atoms in total. The van der Waals surface area contributed by atoms with Gasteiger partial charge < -0.3 is 4.42 Å². The van der Waals surface area contributed by atoms with Gasteiger partial charge in [-0.25, -0.2) is 9.97 Å². The van der Waals surface area contributed by atoms with Crippen molar-refractivity contribution < 1.29 is 4.42 Å². The van der Waals surface area contributed by atoms with Crippen molar-refractivity contribution in [2.24, 2.45) is 0 Å². The van der Waals surface area contributed by atoms with E-state index in [1.165, 1.54) is 6.33 Å². The number of furan rings is 1. The van der Waals surface area contributed by atoms with Gasteiger partial charge in [0, 0.05) is 11.0 Å². The summed E-state index contributed by atoms with van der Waals surface area (Å²) in [5.74, 6) is 0. The Hall–Kier alpha value is -3.46. The number of aromatic nitrogens is 2. The van der Waals surface area contributed by atoms with Gasteiger partial charge in [0.25, 0.3) is 0 Å². The molecule has 0 unspecified atom stereocenters. The van der Waals surface area contributed by atoms with Crippen LogP contribution in [0, 0.1) is 0 Å². The first-order chi connectivity index (χ1) is 12.2. The number of rotatable bonds is 4. The van der Waals surface area contributed by atoms with Crippen LogP contribution in [0.2, 0.25) is 0 Å². The highest BCUT2D eigenvalue weighted by atomic mass is 16.3. The molecule has 0 aliphatic heterocycles. The number of nitrogens with zero attached hydrogens (tertiary/aromatic N) is 2. The number of fused-ring (bicyclic) bond motifs is 4. The van der Waals surface area contributed by atoms with Crippen molar-refractivity contribution in [3.63, 3.8) is 0 Å². The molecule has 0 atom stereocenters. The lowest BCUT2D eigenvalue weighted by Gasteiger charge is -2.06. The SMILES string of the molecule is C=C/C=C\C(=C)C(=C)c1ncnc2oc3cc4ccccc4cc3c12. The second-order valence-corrected chi connectivity index (χ2v) is 5.80. The van der Waals surface area contributed by atoms with Gasteiger partial charge in [-0.1, -0.05) is 62.2 Å². The van der Waals surface area contributed by atoms with Crippen LogP contribution < -0.4 is 0 Å². The third-order valence-corrected chi connectivity index (χ3v) is 4.24. The van der Waals surface area contributed by atoms with E-state index in [2.05, 4.69) is 47.9 Å². The van der Waals surface area contributed by atoms with E-state index < -0.39 is 0 Å². The molecule has 0 saturated heterocycles. The van der Waals surface area contributed by atoms with E-state index in [9.17, 15) is 0 Å². The molecule has 2 heterocycles. The average Bonchev–Trinajstić information content (AvgIpc) is 3.01. The van der Waals surface area contributed by atoms with Crippen molar-refractivity contribution in [2.45, 2.75) is 0 Å². The highest BCUT2D eigenvalue weighted by Crippen LogP contribution is 2.35. The molecule has 4 rings (SSSR count). The maximum atomic E-state index is 5.96. The molecule has 25 heavy (non-hydrogen) atoms. The molecular weight excluding hydrogens is 308 g/mol. The molecule has 0 aliphatic carbocycles. The summed E-state index contributed by atoms with van der Waals surface area (Å²) in [5, 5.41) is 4.11. The zero-order valence-corrected chi connectivity index (χ0v) is 13.7. The molecule has 0 amide bonds. The first kappa shape index (κ1) is 15.1. The Morgan fingerprint density at radius 1 is 1.04 bits per heavy atom. The van der Waals surface area contributed by atoms with E-state index in [1.807, 2.05) is 30.4 Å². The summed E-state index contributed by atoms with van der Waals surface area (Å²) in [4.78, 5) is 8.74. The Labute approximate surface area is 145 Å². The molecule has 3 heteroatoms. The van der Waals surface area contributed by atoms with Crippen LogP contribution in [-0.4, -0.2) is 9.97 Å². The predicted octanol–water partition coefficient (Wildman–Crippen LogP) is 5.84. The fourth-order valence-corrected chi connectivity index (χ4v) is 2.96. The molecule has 0 saturated carbocycles. The number of benzene rings is 2. The molecule has 0 fully saturated rings. The van der Waals surface area contributed by atoms with Gasteiger partial charge in [-0.3, -0.25) is 0 Å². The smallest absolute Gasteiger partial charge is 0.230 e. The highest BCUT2D eigenvalue weighted by molar-refractivity contribution is 6.13. The lowest BCUT2D eigenvalue weighted by Crippen LogP contribution is -1.92. The third-order valence-electron chi connectivity index (χ3n) is 4.24. The number of hydrogen-bond acceptors (Lipinski definition) is 3. The molecule has 120 valence electrons. The van der Waals surface area contributed by atoms with Crippen LogP contribution in [0.4, 0.5) is 0 Å². The number of hydrogen-bond donors (Lipinski definition) is 0. The summed E-state index contributed by atoms with van der Waals surface area (Å²) < 4.78 is 5.96. The first-order valence-corrected chi connectivity index (χ1v) is 7.92. The van der Waals surface area contributed by atoms with Gasteiger partial charge in [0.05, 0.1) is 11.1 Å². The van der Waals surface area contributed by atoms with E-state index in [-0.39, 0.29) is 0 Å². The Bertz CT molecular complexity index is 1190. The highest BCUT2D eigenvalue weighted by Gasteiger charge is 2.16. The summed E-state index contributed by atoms with van der Waals surface area (Å²) in [6, 6.07) is 12.3. The summed E-state index contributed by atoms with van der Waals surface area (Å²) in [6.45, 7) is 11.9. The standard InChI is InChI=1S/C22H16N2O/c1-4-5-8-14(2)15(3)21-20-18-11-16-9-6-7-10-17(16)12-19(18)25-22(20)24-13-23-21/h4-13H,1-3H2/b8-5-. The van der Waals surface area contributed by atoms with Crippen LogP contribution in [0.5, 0.6) is 0 Å². The summed E-state index contributed by atoms with van der Waals surface area (Å²) in [6.07, 6.45) is 6.89. The average molecular weight is 324 g/mol. The maximum Gasteiger partial charge on any atom is 0.230 e. The predicted molar refractivity (Wildman–Crippen MR) is 104 cm³/mol.